The van der Waals surface area contributed by atoms with Gasteiger partial charge in [0.2, 0.25) is 0 Å². The molecule has 0 aromatic rings. The van der Waals surface area contributed by atoms with E-state index < -0.39 is 0 Å². The van der Waals surface area contributed by atoms with Crippen LogP contribution in [0.5, 0.6) is 0 Å². The lowest BCUT2D eigenvalue weighted by Gasteiger charge is -2.49. The van der Waals surface area contributed by atoms with E-state index in [0.29, 0.717) is 5.54 Å². The van der Waals surface area contributed by atoms with Crippen LogP contribution >= 0.6 is 0 Å². The van der Waals surface area contributed by atoms with Crippen LogP contribution in [0.1, 0.15) is 64.2 Å². The van der Waals surface area contributed by atoms with Crippen LogP contribution in [0.25, 0.3) is 0 Å². The van der Waals surface area contributed by atoms with Crippen molar-refractivity contribution in [3.63, 3.8) is 0 Å². The Hall–Kier alpha value is -0.120. The van der Waals surface area contributed by atoms with Crippen molar-refractivity contribution in [2.45, 2.75) is 75.4 Å². The molecule has 3 heteroatoms. The van der Waals surface area contributed by atoms with Gasteiger partial charge >= 0.3 is 0 Å². The summed E-state index contributed by atoms with van der Waals surface area (Å²) in [5.74, 6) is 0. The smallest absolute Gasteiger partial charge is 0.101 e. The van der Waals surface area contributed by atoms with Crippen LogP contribution in [-0.2, 0) is 0 Å². The molecule has 0 amide bonds. The molecule has 1 saturated carbocycles. The first-order chi connectivity index (χ1) is 9.83. The third-order valence-electron chi connectivity index (χ3n) is 6.45. The van der Waals surface area contributed by atoms with Crippen molar-refractivity contribution in [1.29, 1.82) is 0 Å². The van der Waals surface area contributed by atoms with Gasteiger partial charge in [-0.05, 0) is 64.5 Å². The maximum atomic E-state index is 5.22. The summed E-state index contributed by atoms with van der Waals surface area (Å²) in [6, 6.07) is 0. The molecule has 3 aliphatic heterocycles. The van der Waals surface area contributed by atoms with Gasteiger partial charge in [-0.15, -0.1) is 0 Å². The maximum Gasteiger partial charge on any atom is 0.101 e. The van der Waals surface area contributed by atoms with Crippen LogP contribution in [-0.4, -0.2) is 53.7 Å². The minimum atomic E-state index is 0.200. The molecule has 0 N–H and O–H groups in total. The van der Waals surface area contributed by atoms with Crippen LogP contribution in [0.2, 0.25) is 0 Å². The topological polar surface area (TPSA) is 20.6 Å². The first-order valence-electron chi connectivity index (χ1n) is 9.02. The summed E-state index contributed by atoms with van der Waals surface area (Å²) < 4.78 is 0. The fourth-order valence-corrected chi connectivity index (χ4v) is 5.60. The highest BCUT2D eigenvalue weighted by atomic mass is 15.4. The molecule has 4 aliphatic rings. The van der Waals surface area contributed by atoms with Crippen molar-refractivity contribution in [3.05, 3.63) is 0 Å². The van der Waals surface area contributed by atoms with Crippen molar-refractivity contribution in [2.75, 3.05) is 32.7 Å². The molecule has 4 rings (SSSR count). The Balaban J connectivity index is 1.57. The lowest BCUT2D eigenvalue weighted by atomic mass is 9.90. The van der Waals surface area contributed by atoms with E-state index in [1.54, 1.807) is 0 Å². The normalized spacial score (nSPS) is 38.4. The zero-order valence-electron chi connectivity index (χ0n) is 12.9. The Morgan fingerprint density at radius 2 is 1.50 bits per heavy atom. The fraction of sp³-hybridized carbons (Fsp3) is 1.00. The Morgan fingerprint density at radius 1 is 0.750 bits per heavy atom. The van der Waals surface area contributed by atoms with Gasteiger partial charge in [0.05, 0.1) is 0 Å². The van der Waals surface area contributed by atoms with E-state index in [-0.39, 0.29) is 5.66 Å². The second-order valence-corrected chi connectivity index (χ2v) is 7.64. The van der Waals surface area contributed by atoms with Gasteiger partial charge in [0.25, 0.3) is 0 Å². The standard InChI is InChI=1S/C17H30N3/c1-2-8-16(7-1)9-6-14-20(16)17(10-5-11-18-17)15-19-12-3-4-13-19/h1-15H2/t17-/m0/s1. The first kappa shape index (κ1) is 13.5. The largest absolute Gasteiger partial charge is 0.300 e. The molecule has 3 nitrogen and oxygen atoms in total. The molecular formula is C17H30N3. The highest BCUT2D eigenvalue weighted by Gasteiger charge is 2.54. The lowest BCUT2D eigenvalue weighted by Crippen LogP contribution is -2.63. The van der Waals surface area contributed by atoms with E-state index in [2.05, 4.69) is 9.80 Å². The van der Waals surface area contributed by atoms with E-state index in [4.69, 9.17) is 5.32 Å². The molecule has 3 saturated heterocycles. The molecule has 0 aromatic carbocycles. The van der Waals surface area contributed by atoms with Gasteiger partial charge in [0.15, 0.2) is 0 Å². The van der Waals surface area contributed by atoms with Crippen LogP contribution in [0.4, 0.5) is 0 Å². The molecule has 20 heavy (non-hydrogen) atoms. The molecule has 113 valence electrons. The van der Waals surface area contributed by atoms with Gasteiger partial charge in [-0.2, -0.15) is 0 Å². The molecule has 3 heterocycles. The number of likely N-dealkylation sites (tertiary alicyclic amines) is 2. The average Bonchev–Trinajstić information content (AvgIpc) is 3.22. The molecule has 1 radical (unpaired) electrons. The molecule has 0 aromatic heterocycles. The second kappa shape index (κ2) is 5.26. The minimum Gasteiger partial charge on any atom is -0.300 e. The van der Waals surface area contributed by atoms with Crippen LogP contribution in [0.3, 0.4) is 0 Å². The molecular weight excluding hydrogens is 246 g/mol. The zero-order valence-corrected chi connectivity index (χ0v) is 12.9. The predicted octanol–water partition coefficient (Wildman–Crippen LogP) is 2.59. The van der Waals surface area contributed by atoms with Gasteiger partial charge in [-0.3, -0.25) is 4.90 Å². The average molecular weight is 276 g/mol. The van der Waals surface area contributed by atoms with Gasteiger partial charge in [0.1, 0.15) is 5.66 Å². The van der Waals surface area contributed by atoms with Gasteiger partial charge in [0, 0.05) is 25.2 Å². The summed E-state index contributed by atoms with van der Waals surface area (Å²) >= 11 is 0. The summed E-state index contributed by atoms with van der Waals surface area (Å²) in [4.78, 5) is 5.62. The summed E-state index contributed by atoms with van der Waals surface area (Å²) in [6.45, 7) is 6.29. The molecule has 1 aliphatic carbocycles. The van der Waals surface area contributed by atoms with Crippen molar-refractivity contribution in [2.24, 2.45) is 0 Å². The van der Waals surface area contributed by atoms with Gasteiger partial charge in [-0.1, -0.05) is 12.8 Å². The quantitative estimate of drug-likeness (QED) is 0.790. The lowest BCUT2D eigenvalue weighted by molar-refractivity contribution is -0.0203. The van der Waals surface area contributed by atoms with Crippen LogP contribution < -0.4 is 5.32 Å². The highest BCUT2D eigenvalue weighted by Crippen LogP contribution is 2.48. The van der Waals surface area contributed by atoms with E-state index in [0.717, 1.165) is 6.54 Å². The van der Waals surface area contributed by atoms with Crippen molar-refractivity contribution in [1.82, 2.24) is 15.1 Å². The van der Waals surface area contributed by atoms with Gasteiger partial charge in [-0.25, -0.2) is 5.32 Å². The second-order valence-electron chi connectivity index (χ2n) is 7.64. The van der Waals surface area contributed by atoms with Crippen LogP contribution in [0, 0.1) is 0 Å². The summed E-state index contributed by atoms with van der Waals surface area (Å²) in [5, 5.41) is 5.22. The predicted molar refractivity (Wildman–Crippen MR) is 81.8 cm³/mol. The van der Waals surface area contributed by atoms with E-state index in [9.17, 15) is 0 Å². The Labute approximate surface area is 124 Å². The number of hydrogen-bond donors (Lipinski definition) is 0. The number of hydrogen-bond acceptors (Lipinski definition) is 2. The molecule has 1 atom stereocenters. The maximum absolute atomic E-state index is 5.22. The molecule has 4 fully saturated rings. The Bertz CT molecular complexity index is 331. The number of rotatable bonds is 3. The SMILES string of the molecule is C1CCN(C[C@@]2(N3CCCC34CCCC4)CCC[N]2)C1. The van der Waals surface area contributed by atoms with Crippen molar-refractivity contribution in [3.8, 4) is 0 Å². The van der Waals surface area contributed by atoms with Crippen molar-refractivity contribution >= 4 is 0 Å². The fourth-order valence-electron chi connectivity index (χ4n) is 5.60. The zero-order chi connectivity index (χ0) is 13.5. The third-order valence-corrected chi connectivity index (χ3v) is 6.45. The summed E-state index contributed by atoms with van der Waals surface area (Å²) in [5.41, 5.74) is 0.749. The first-order valence-corrected chi connectivity index (χ1v) is 9.02. The monoisotopic (exact) mass is 276 g/mol. The van der Waals surface area contributed by atoms with E-state index in [1.807, 2.05) is 0 Å². The van der Waals surface area contributed by atoms with E-state index >= 15 is 0 Å². The summed E-state index contributed by atoms with van der Waals surface area (Å²) in [6.07, 6.45) is 14.1. The van der Waals surface area contributed by atoms with Crippen LogP contribution in [0.15, 0.2) is 0 Å². The molecule has 0 unspecified atom stereocenters. The molecule has 0 bridgehead atoms. The van der Waals surface area contributed by atoms with E-state index in [1.165, 1.54) is 90.4 Å². The Morgan fingerprint density at radius 3 is 2.20 bits per heavy atom. The Kier molecular flexibility index (Phi) is 3.56. The highest BCUT2D eigenvalue weighted by molar-refractivity contribution is 5.08. The third kappa shape index (κ3) is 2.13. The van der Waals surface area contributed by atoms with Gasteiger partial charge < -0.3 is 4.90 Å². The summed E-state index contributed by atoms with van der Waals surface area (Å²) in [7, 11) is 0. The molecule has 1 spiro atoms. The number of nitrogens with zero attached hydrogens (tertiary/aromatic N) is 3. The van der Waals surface area contributed by atoms with Crippen molar-refractivity contribution < 1.29 is 0 Å². The minimum absolute atomic E-state index is 0.200.